The Kier molecular flexibility index (Phi) is 3.95. The molecule has 14 heavy (non-hydrogen) atoms. The SMILES string of the molecule is CSC(C)Cc1cccc([N+](=O)[O-])c1. The number of benzene rings is 1. The Bertz CT molecular complexity index is 328. The minimum atomic E-state index is -0.354. The van der Waals surface area contributed by atoms with Gasteiger partial charge in [-0.05, 0) is 18.2 Å². The molecule has 76 valence electrons. The van der Waals surface area contributed by atoms with E-state index in [0.717, 1.165) is 12.0 Å². The van der Waals surface area contributed by atoms with E-state index in [0.29, 0.717) is 5.25 Å². The third kappa shape index (κ3) is 3.03. The van der Waals surface area contributed by atoms with Crippen molar-refractivity contribution in [2.45, 2.75) is 18.6 Å². The Balaban J connectivity index is 2.78. The summed E-state index contributed by atoms with van der Waals surface area (Å²) in [6.07, 6.45) is 2.92. The van der Waals surface area contributed by atoms with Gasteiger partial charge in [0.2, 0.25) is 0 Å². The third-order valence-electron chi connectivity index (χ3n) is 2.05. The average Bonchev–Trinajstić information content (AvgIpc) is 2.18. The van der Waals surface area contributed by atoms with E-state index < -0.39 is 0 Å². The predicted octanol–water partition coefficient (Wildman–Crippen LogP) is 2.89. The zero-order valence-electron chi connectivity index (χ0n) is 8.27. The Hall–Kier alpha value is -1.03. The second kappa shape index (κ2) is 5.00. The molecule has 0 saturated heterocycles. The zero-order chi connectivity index (χ0) is 10.6. The van der Waals surface area contributed by atoms with Crippen LogP contribution in [-0.4, -0.2) is 16.4 Å². The first kappa shape index (κ1) is 11.0. The number of nitro groups is 1. The second-order valence-corrected chi connectivity index (χ2v) is 4.45. The lowest BCUT2D eigenvalue weighted by Gasteiger charge is -2.07. The fraction of sp³-hybridized carbons (Fsp3) is 0.400. The Morgan fingerprint density at radius 1 is 1.57 bits per heavy atom. The van der Waals surface area contributed by atoms with Gasteiger partial charge in [-0.1, -0.05) is 19.1 Å². The Labute approximate surface area is 87.7 Å². The van der Waals surface area contributed by atoms with Gasteiger partial charge in [-0.2, -0.15) is 11.8 Å². The van der Waals surface area contributed by atoms with Gasteiger partial charge in [0.05, 0.1) is 4.92 Å². The molecule has 0 radical (unpaired) electrons. The smallest absolute Gasteiger partial charge is 0.258 e. The molecule has 1 aromatic rings. The van der Waals surface area contributed by atoms with Crippen LogP contribution in [0.1, 0.15) is 12.5 Å². The van der Waals surface area contributed by atoms with Crippen LogP contribution in [0.3, 0.4) is 0 Å². The van der Waals surface area contributed by atoms with E-state index >= 15 is 0 Å². The lowest BCUT2D eigenvalue weighted by Crippen LogP contribution is -2.00. The number of hydrogen-bond donors (Lipinski definition) is 0. The van der Waals surface area contributed by atoms with Crippen LogP contribution in [-0.2, 0) is 6.42 Å². The maximum Gasteiger partial charge on any atom is 0.269 e. The van der Waals surface area contributed by atoms with Crippen molar-refractivity contribution in [2.24, 2.45) is 0 Å². The van der Waals surface area contributed by atoms with Crippen molar-refractivity contribution >= 4 is 17.4 Å². The summed E-state index contributed by atoms with van der Waals surface area (Å²) in [6, 6.07) is 6.83. The van der Waals surface area contributed by atoms with Crippen molar-refractivity contribution in [1.29, 1.82) is 0 Å². The maximum atomic E-state index is 10.5. The molecule has 3 nitrogen and oxygen atoms in total. The summed E-state index contributed by atoms with van der Waals surface area (Å²) in [7, 11) is 0. The Morgan fingerprint density at radius 2 is 2.29 bits per heavy atom. The normalized spacial score (nSPS) is 12.4. The van der Waals surface area contributed by atoms with Crippen LogP contribution in [0, 0.1) is 10.1 Å². The van der Waals surface area contributed by atoms with E-state index in [2.05, 4.69) is 6.92 Å². The number of nitro benzene ring substituents is 1. The minimum absolute atomic E-state index is 0.177. The fourth-order valence-electron chi connectivity index (χ4n) is 1.21. The highest BCUT2D eigenvalue weighted by molar-refractivity contribution is 7.99. The first-order chi connectivity index (χ1) is 6.63. The molecule has 0 N–H and O–H groups in total. The van der Waals surface area contributed by atoms with Crippen LogP contribution < -0.4 is 0 Å². The van der Waals surface area contributed by atoms with Crippen LogP contribution in [0.15, 0.2) is 24.3 Å². The number of nitrogens with zero attached hydrogens (tertiary/aromatic N) is 1. The van der Waals surface area contributed by atoms with Crippen LogP contribution in [0.25, 0.3) is 0 Å². The first-order valence-electron chi connectivity index (χ1n) is 4.39. The molecule has 0 aliphatic rings. The standard InChI is InChI=1S/C10H13NO2S/c1-8(14-2)6-9-4-3-5-10(7-9)11(12)13/h3-5,7-8H,6H2,1-2H3. The molecule has 0 aliphatic heterocycles. The average molecular weight is 211 g/mol. The zero-order valence-corrected chi connectivity index (χ0v) is 9.08. The highest BCUT2D eigenvalue weighted by Gasteiger charge is 2.07. The third-order valence-corrected chi connectivity index (χ3v) is 3.02. The molecule has 0 bridgehead atoms. The number of thioether (sulfide) groups is 1. The van der Waals surface area contributed by atoms with Gasteiger partial charge in [0, 0.05) is 17.4 Å². The summed E-state index contributed by atoms with van der Waals surface area (Å²) >= 11 is 1.76. The molecule has 4 heteroatoms. The van der Waals surface area contributed by atoms with Gasteiger partial charge in [0.1, 0.15) is 0 Å². The molecular formula is C10H13NO2S. The quantitative estimate of drug-likeness (QED) is 0.568. The Morgan fingerprint density at radius 3 is 2.86 bits per heavy atom. The van der Waals surface area contributed by atoms with E-state index in [9.17, 15) is 10.1 Å². The molecule has 0 aromatic heterocycles. The lowest BCUT2D eigenvalue weighted by atomic mass is 10.1. The van der Waals surface area contributed by atoms with Gasteiger partial charge in [-0.3, -0.25) is 10.1 Å². The summed E-state index contributed by atoms with van der Waals surface area (Å²) in [5.41, 5.74) is 1.21. The van der Waals surface area contributed by atoms with Crippen LogP contribution in [0.4, 0.5) is 5.69 Å². The summed E-state index contributed by atoms with van der Waals surface area (Å²) < 4.78 is 0. The fourth-order valence-corrected chi connectivity index (χ4v) is 1.57. The van der Waals surface area contributed by atoms with Gasteiger partial charge < -0.3 is 0 Å². The van der Waals surface area contributed by atoms with Crippen molar-refractivity contribution in [2.75, 3.05) is 6.26 Å². The highest BCUT2D eigenvalue weighted by atomic mass is 32.2. The van der Waals surface area contributed by atoms with E-state index in [1.165, 1.54) is 6.07 Å². The van der Waals surface area contributed by atoms with E-state index in [-0.39, 0.29) is 10.6 Å². The number of hydrogen-bond acceptors (Lipinski definition) is 3. The lowest BCUT2D eigenvalue weighted by molar-refractivity contribution is -0.384. The molecule has 0 amide bonds. The van der Waals surface area contributed by atoms with Crippen molar-refractivity contribution in [3.8, 4) is 0 Å². The van der Waals surface area contributed by atoms with Gasteiger partial charge in [0.25, 0.3) is 5.69 Å². The first-order valence-corrected chi connectivity index (χ1v) is 5.68. The monoisotopic (exact) mass is 211 g/mol. The predicted molar refractivity (Wildman–Crippen MR) is 59.8 cm³/mol. The van der Waals surface area contributed by atoms with Crippen molar-refractivity contribution in [3.63, 3.8) is 0 Å². The molecule has 0 spiro atoms. The van der Waals surface area contributed by atoms with Crippen LogP contribution >= 0.6 is 11.8 Å². The topological polar surface area (TPSA) is 43.1 Å². The maximum absolute atomic E-state index is 10.5. The van der Waals surface area contributed by atoms with Crippen molar-refractivity contribution in [3.05, 3.63) is 39.9 Å². The van der Waals surface area contributed by atoms with Gasteiger partial charge in [0.15, 0.2) is 0 Å². The summed E-state index contributed by atoms with van der Waals surface area (Å²) in [6.45, 7) is 2.11. The minimum Gasteiger partial charge on any atom is -0.258 e. The second-order valence-electron chi connectivity index (χ2n) is 3.18. The summed E-state index contributed by atoms with van der Waals surface area (Å²) in [4.78, 5) is 10.2. The van der Waals surface area contributed by atoms with E-state index in [1.54, 1.807) is 23.9 Å². The molecule has 1 aromatic carbocycles. The summed E-state index contributed by atoms with van der Waals surface area (Å²) in [5.74, 6) is 0. The van der Waals surface area contributed by atoms with Gasteiger partial charge in [-0.15, -0.1) is 0 Å². The van der Waals surface area contributed by atoms with Crippen molar-refractivity contribution in [1.82, 2.24) is 0 Å². The molecule has 1 unspecified atom stereocenters. The number of non-ortho nitro benzene ring substituents is 1. The largest absolute Gasteiger partial charge is 0.269 e. The molecule has 0 saturated carbocycles. The van der Waals surface area contributed by atoms with Gasteiger partial charge in [-0.25, -0.2) is 0 Å². The summed E-state index contributed by atoms with van der Waals surface area (Å²) in [5, 5.41) is 11.0. The highest BCUT2D eigenvalue weighted by Crippen LogP contribution is 2.17. The molecular weight excluding hydrogens is 198 g/mol. The molecule has 0 aliphatic carbocycles. The molecule has 1 atom stereocenters. The van der Waals surface area contributed by atoms with Gasteiger partial charge >= 0.3 is 0 Å². The van der Waals surface area contributed by atoms with Crippen LogP contribution in [0.2, 0.25) is 0 Å². The van der Waals surface area contributed by atoms with Crippen LogP contribution in [0.5, 0.6) is 0 Å². The molecule has 1 rings (SSSR count). The van der Waals surface area contributed by atoms with Crippen molar-refractivity contribution < 1.29 is 4.92 Å². The van der Waals surface area contributed by atoms with E-state index in [4.69, 9.17) is 0 Å². The molecule has 0 heterocycles. The molecule has 0 fully saturated rings. The van der Waals surface area contributed by atoms with E-state index in [1.807, 2.05) is 12.3 Å². The number of rotatable bonds is 4.